The van der Waals surface area contributed by atoms with Crippen molar-refractivity contribution in [2.45, 2.75) is 37.6 Å². The Morgan fingerprint density at radius 1 is 1.40 bits per heavy atom. The lowest BCUT2D eigenvalue weighted by atomic mass is 9.89. The van der Waals surface area contributed by atoms with Crippen molar-refractivity contribution in [1.29, 1.82) is 0 Å². The van der Waals surface area contributed by atoms with E-state index in [1.54, 1.807) is 18.2 Å². The monoisotopic (exact) mass is 299 g/mol. The highest BCUT2D eigenvalue weighted by Gasteiger charge is 2.41. The van der Waals surface area contributed by atoms with Gasteiger partial charge in [0.2, 0.25) is 0 Å². The van der Waals surface area contributed by atoms with Crippen LogP contribution in [-0.2, 0) is 16.1 Å². The summed E-state index contributed by atoms with van der Waals surface area (Å²) in [5, 5.41) is 3.48. The Labute approximate surface area is 123 Å². The number of ether oxygens (including phenoxy) is 2. The maximum absolute atomic E-state index is 13.8. The molecule has 2 heterocycles. The molecule has 2 aliphatic rings. The van der Waals surface area contributed by atoms with Gasteiger partial charge in [0.05, 0.1) is 29.9 Å². The van der Waals surface area contributed by atoms with E-state index in [2.05, 4.69) is 5.32 Å². The quantitative estimate of drug-likeness (QED) is 0.931. The Morgan fingerprint density at radius 3 is 3.00 bits per heavy atom. The molecule has 3 nitrogen and oxygen atoms in total. The van der Waals surface area contributed by atoms with Crippen LogP contribution in [0.5, 0.6) is 0 Å². The molecule has 2 saturated heterocycles. The van der Waals surface area contributed by atoms with Crippen LogP contribution < -0.4 is 5.32 Å². The molecule has 1 aromatic rings. The van der Waals surface area contributed by atoms with Gasteiger partial charge in [0.25, 0.3) is 0 Å². The molecule has 20 heavy (non-hydrogen) atoms. The molecule has 1 N–H and O–H groups in total. The molecule has 3 rings (SSSR count). The summed E-state index contributed by atoms with van der Waals surface area (Å²) >= 11 is 5.76. The molecule has 0 radical (unpaired) electrons. The van der Waals surface area contributed by atoms with E-state index in [1.165, 1.54) is 0 Å². The zero-order valence-electron chi connectivity index (χ0n) is 11.3. The highest BCUT2D eigenvalue weighted by atomic mass is 35.5. The lowest BCUT2D eigenvalue weighted by molar-refractivity contribution is -0.0241. The number of rotatable bonds is 3. The zero-order chi connectivity index (χ0) is 14.0. The van der Waals surface area contributed by atoms with Gasteiger partial charge in [-0.1, -0.05) is 23.7 Å². The summed E-state index contributed by atoms with van der Waals surface area (Å²) in [6.45, 7) is 2.84. The van der Waals surface area contributed by atoms with Crippen molar-refractivity contribution in [3.8, 4) is 0 Å². The van der Waals surface area contributed by atoms with Crippen LogP contribution in [0.3, 0.4) is 0 Å². The second kappa shape index (κ2) is 5.98. The number of hydrogen-bond acceptors (Lipinski definition) is 3. The largest absolute Gasteiger partial charge is 0.372 e. The van der Waals surface area contributed by atoms with E-state index in [0.717, 1.165) is 32.4 Å². The van der Waals surface area contributed by atoms with E-state index in [0.29, 0.717) is 12.2 Å². The number of nitrogens with one attached hydrogen (secondary N) is 1. The van der Waals surface area contributed by atoms with Gasteiger partial charge in [-0.25, -0.2) is 4.39 Å². The van der Waals surface area contributed by atoms with Crippen molar-refractivity contribution in [2.75, 3.05) is 19.7 Å². The van der Waals surface area contributed by atoms with E-state index in [-0.39, 0.29) is 29.2 Å². The van der Waals surface area contributed by atoms with Gasteiger partial charge < -0.3 is 14.8 Å². The van der Waals surface area contributed by atoms with Crippen molar-refractivity contribution >= 4 is 11.6 Å². The Morgan fingerprint density at radius 2 is 2.20 bits per heavy atom. The van der Waals surface area contributed by atoms with Gasteiger partial charge in [0, 0.05) is 12.0 Å². The van der Waals surface area contributed by atoms with Gasteiger partial charge in [-0.3, -0.25) is 0 Å². The SMILES string of the molecule is Fc1c(Cl)cccc1COC1COC2(CCNCC2)C1. The first-order chi connectivity index (χ1) is 9.69. The first kappa shape index (κ1) is 14.3. The van der Waals surface area contributed by atoms with E-state index in [4.69, 9.17) is 21.1 Å². The van der Waals surface area contributed by atoms with Crippen molar-refractivity contribution < 1.29 is 13.9 Å². The van der Waals surface area contributed by atoms with Crippen LogP contribution in [0, 0.1) is 5.82 Å². The van der Waals surface area contributed by atoms with Crippen molar-refractivity contribution in [2.24, 2.45) is 0 Å². The normalized spacial score (nSPS) is 25.2. The van der Waals surface area contributed by atoms with E-state index in [9.17, 15) is 4.39 Å². The summed E-state index contributed by atoms with van der Waals surface area (Å²) in [4.78, 5) is 0. The second-order valence-corrected chi connectivity index (χ2v) is 6.00. The molecular weight excluding hydrogens is 281 g/mol. The Bertz CT molecular complexity index is 477. The molecule has 1 spiro atoms. The van der Waals surface area contributed by atoms with E-state index < -0.39 is 0 Å². The summed E-state index contributed by atoms with van der Waals surface area (Å²) in [5.41, 5.74) is 0.478. The first-order valence-electron chi connectivity index (χ1n) is 7.08. The molecule has 110 valence electrons. The summed E-state index contributed by atoms with van der Waals surface area (Å²) < 4.78 is 25.5. The molecular formula is C15H19ClFNO2. The van der Waals surface area contributed by atoms with Gasteiger partial charge in [-0.05, 0) is 32.0 Å². The predicted molar refractivity (Wildman–Crippen MR) is 75.4 cm³/mol. The smallest absolute Gasteiger partial charge is 0.147 e. The number of halogens is 2. The Kier molecular flexibility index (Phi) is 4.26. The molecule has 2 fully saturated rings. The molecule has 1 unspecified atom stereocenters. The molecule has 1 aromatic carbocycles. The summed E-state index contributed by atoms with van der Waals surface area (Å²) in [6, 6.07) is 4.99. The molecule has 0 aliphatic carbocycles. The van der Waals surface area contributed by atoms with Crippen LogP contribution in [-0.4, -0.2) is 31.4 Å². The maximum atomic E-state index is 13.8. The van der Waals surface area contributed by atoms with Crippen molar-refractivity contribution in [1.82, 2.24) is 5.32 Å². The lowest BCUT2D eigenvalue weighted by Gasteiger charge is -2.32. The van der Waals surface area contributed by atoms with Gasteiger partial charge in [0.15, 0.2) is 0 Å². The van der Waals surface area contributed by atoms with E-state index in [1.807, 2.05) is 0 Å². The number of hydrogen-bond donors (Lipinski definition) is 1. The third kappa shape index (κ3) is 2.98. The molecule has 0 saturated carbocycles. The second-order valence-electron chi connectivity index (χ2n) is 5.59. The van der Waals surface area contributed by atoms with Crippen LogP contribution in [0.2, 0.25) is 5.02 Å². The van der Waals surface area contributed by atoms with Gasteiger partial charge >= 0.3 is 0 Å². The van der Waals surface area contributed by atoms with Crippen molar-refractivity contribution in [3.05, 3.63) is 34.6 Å². The summed E-state index contributed by atoms with van der Waals surface area (Å²) in [5.74, 6) is -0.385. The van der Waals surface area contributed by atoms with Crippen LogP contribution >= 0.6 is 11.6 Å². The first-order valence-corrected chi connectivity index (χ1v) is 7.45. The fourth-order valence-electron chi connectivity index (χ4n) is 3.01. The number of benzene rings is 1. The average Bonchev–Trinajstić information content (AvgIpc) is 2.84. The van der Waals surface area contributed by atoms with Gasteiger partial charge in [-0.2, -0.15) is 0 Å². The minimum Gasteiger partial charge on any atom is -0.372 e. The summed E-state index contributed by atoms with van der Waals surface area (Å²) in [7, 11) is 0. The van der Waals surface area contributed by atoms with Crippen molar-refractivity contribution in [3.63, 3.8) is 0 Å². The minimum absolute atomic E-state index is 0.0250. The van der Waals surface area contributed by atoms with Gasteiger partial charge in [-0.15, -0.1) is 0 Å². The highest BCUT2D eigenvalue weighted by molar-refractivity contribution is 6.30. The molecule has 0 amide bonds. The van der Waals surface area contributed by atoms with E-state index >= 15 is 0 Å². The fourth-order valence-corrected chi connectivity index (χ4v) is 3.20. The third-order valence-electron chi connectivity index (χ3n) is 4.20. The highest BCUT2D eigenvalue weighted by Crippen LogP contribution is 2.35. The fraction of sp³-hybridized carbons (Fsp3) is 0.600. The molecule has 0 aromatic heterocycles. The average molecular weight is 300 g/mol. The molecule has 2 aliphatic heterocycles. The Balaban J connectivity index is 1.56. The number of piperidine rings is 1. The van der Waals surface area contributed by atoms with Crippen LogP contribution in [0.15, 0.2) is 18.2 Å². The third-order valence-corrected chi connectivity index (χ3v) is 4.49. The topological polar surface area (TPSA) is 30.5 Å². The van der Waals surface area contributed by atoms with Crippen LogP contribution in [0.1, 0.15) is 24.8 Å². The van der Waals surface area contributed by atoms with Crippen LogP contribution in [0.25, 0.3) is 0 Å². The maximum Gasteiger partial charge on any atom is 0.147 e. The predicted octanol–water partition coefficient (Wildman–Crippen LogP) is 2.91. The van der Waals surface area contributed by atoms with Crippen LogP contribution in [0.4, 0.5) is 4.39 Å². The molecule has 1 atom stereocenters. The summed E-state index contributed by atoms with van der Waals surface area (Å²) in [6.07, 6.45) is 3.00. The van der Waals surface area contributed by atoms with Gasteiger partial charge in [0.1, 0.15) is 5.82 Å². The molecule has 0 bridgehead atoms. The lowest BCUT2D eigenvalue weighted by Crippen LogP contribution is -2.41. The standard InChI is InChI=1S/C15H19ClFNO2/c16-13-3-1-2-11(14(13)17)9-19-12-8-15(20-10-12)4-6-18-7-5-15/h1-3,12,18H,4-10H2. The Hall–Kier alpha value is -0.680. The molecule has 5 heteroatoms. The minimum atomic E-state index is -0.385. The zero-order valence-corrected chi connectivity index (χ0v) is 12.1.